The number of nitrogens with zero attached hydrogens (tertiary/aromatic N) is 3. The fraction of sp³-hybridized carbons (Fsp3) is 0.440. The van der Waals surface area contributed by atoms with Crippen LogP contribution in [0.5, 0.6) is 5.75 Å². The van der Waals surface area contributed by atoms with Gasteiger partial charge in [-0.1, -0.05) is 23.5 Å². The minimum Gasteiger partial charge on any atom is -0.494 e. The number of anilines is 2. The highest BCUT2D eigenvalue weighted by Crippen LogP contribution is 2.39. The molecule has 1 N–H and O–H groups in total. The average Bonchev–Trinajstić information content (AvgIpc) is 3.28. The van der Waals surface area contributed by atoms with E-state index in [0.29, 0.717) is 36.3 Å². The van der Waals surface area contributed by atoms with Gasteiger partial charge in [0.05, 0.1) is 37.3 Å². The average molecular weight is 485 g/mol. The van der Waals surface area contributed by atoms with E-state index in [1.807, 2.05) is 37.3 Å². The summed E-state index contributed by atoms with van der Waals surface area (Å²) in [6.45, 7) is 8.17. The molecule has 1 fully saturated rings. The van der Waals surface area contributed by atoms with E-state index in [0.717, 1.165) is 54.3 Å². The normalized spacial score (nSPS) is 14.1. The van der Waals surface area contributed by atoms with Gasteiger partial charge in [-0.15, -0.1) is 0 Å². The predicted molar refractivity (Wildman–Crippen MR) is 136 cm³/mol. The first-order valence-electron chi connectivity index (χ1n) is 11.6. The fourth-order valence-corrected chi connectivity index (χ4v) is 4.95. The number of amides is 1. The third-order valence-corrected chi connectivity index (χ3v) is 6.76. The lowest BCUT2D eigenvalue weighted by molar-refractivity contribution is 0.102. The monoisotopic (exact) mass is 484 g/mol. The molecule has 0 saturated carbocycles. The van der Waals surface area contributed by atoms with Crippen LogP contribution < -0.4 is 15.0 Å². The van der Waals surface area contributed by atoms with Crippen LogP contribution in [0.3, 0.4) is 0 Å². The Bertz CT molecular complexity index is 1100. The van der Waals surface area contributed by atoms with Gasteiger partial charge in [0, 0.05) is 38.3 Å². The van der Waals surface area contributed by atoms with E-state index < -0.39 is 0 Å². The molecule has 2 heterocycles. The van der Waals surface area contributed by atoms with E-state index in [1.54, 1.807) is 7.11 Å². The highest BCUT2D eigenvalue weighted by molar-refractivity contribution is 7.23. The number of carbonyl (C=O) groups excluding carboxylic acids is 1. The topological polar surface area (TPSA) is 76.2 Å². The van der Waals surface area contributed by atoms with Gasteiger partial charge < -0.3 is 19.1 Å². The maximum Gasteiger partial charge on any atom is 0.257 e. The van der Waals surface area contributed by atoms with E-state index in [2.05, 4.69) is 33.2 Å². The summed E-state index contributed by atoms with van der Waals surface area (Å²) in [4.78, 5) is 22.1. The molecule has 4 rings (SSSR count). The van der Waals surface area contributed by atoms with Crippen molar-refractivity contribution in [1.29, 1.82) is 0 Å². The van der Waals surface area contributed by atoms with Gasteiger partial charge >= 0.3 is 0 Å². The van der Waals surface area contributed by atoms with Crippen LogP contribution in [0, 0.1) is 0 Å². The first-order valence-corrected chi connectivity index (χ1v) is 12.4. The first kappa shape index (κ1) is 24.4. The van der Waals surface area contributed by atoms with Crippen LogP contribution in [0.4, 0.5) is 10.8 Å². The fourth-order valence-electron chi connectivity index (χ4n) is 3.93. The molecule has 1 aliphatic heterocycles. The molecule has 0 radical (unpaired) electrons. The third-order valence-electron chi connectivity index (χ3n) is 5.77. The van der Waals surface area contributed by atoms with E-state index in [1.165, 1.54) is 11.3 Å². The van der Waals surface area contributed by atoms with Gasteiger partial charge in [0.1, 0.15) is 11.3 Å². The summed E-state index contributed by atoms with van der Waals surface area (Å²) in [5, 5.41) is 3.52. The van der Waals surface area contributed by atoms with Gasteiger partial charge in [-0.2, -0.15) is 0 Å². The number of aromatic nitrogens is 1. The van der Waals surface area contributed by atoms with Gasteiger partial charge in [-0.05, 0) is 43.8 Å². The van der Waals surface area contributed by atoms with Gasteiger partial charge in [0.2, 0.25) is 0 Å². The summed E-state index contributed by atoms with van der Waals surface area (Å²) in [7, 11) is 3.70. The molecule has 1 saturated heterocycles. The zero-order chi connectivity index (χ0) is 23.9. The van der Waals surface area contributed by atoms with Crippen LogP contribution in [0.25, 0.3) is 10.2 Å². The number of benzene rings is 2. The molecule has 0 spiro atoms. The van der Waals surface area contributed by atoms with Crippen molar-refractivity contribution in [2.75, 3.05) is 70.4 Å². The molecule has 3 aromatic rings. The van der Waals surface area contributed by atoms with E-state index in [-0.39, 0.29) is 5.91 Å². The van der Waals surface area contributed by atoms with Crippen LogP contribution in [0.15, 0.2) is 36.4 Å². The Hall–Kier alpha value is -2.72. The van der Waals surface area contributed by atoms with Crippen molar-refractivity contribution in [3.05, 3.63) is 47.5 Å². The molecule has 182 valence electrons. The first-order chi connectivity index (χ1) is 16.6. The van der Waals surface area contributed by atoms with Crippen LogP contribution >= 0.6 is 11.3 Å². The number of nitrogens with one attached hydrogen (secondary N) is 1. The summed E-state index contributed by atoms with van der Waals surface area (Å²) < 4.78 is 17.4. The molecular weight excluding hydrogens is 452 g/mol. The lowest BCUT2D eigenvalue weighted by Crippen LogP contribution is -2.36. The Morgan fingerprint density at radius 3 is 2.68 bits per heavy atom. The molecule has 0 atom stereocenters. The lowest BCUT2D eigenvalue weighted by Gasteiger charge is -2.29. The number of carbonyl (C=O) groups is 1. The quantitative estimate of drug-likeness (QED) is 0.438. The summed E-state index contributed by atoms with van der Waals surface area (Å²) in [5.74, 6) is 0.517. The molecule has 34 heavy (non-hydrogen) atoms. The van der Waals surface area contributed by atoms with Crippen molar-refractivity contribution in [2.45, 2.75) is 13.5 Å². The number of fused-ring (bicyclic) bond motifs is 1. The summed E-state index contributed by atoms with van der Waals surface area (Å²) >= 11 is 1.47. The van der Waals surface area contributed by atoms with E-state index in [9.17, 15) is 4.79 Å². The molecule has 1 aromatic heterocycles. The Labute approximate surface area is 204 Å². The maximum absolute atomic E-state index is 12.9. The maximum atomic E-state index is 12.9. The molecule has 1 aliphatic rings. The Morgan fingerprint density at radius 2 is 1.97 bits per heavy atom. The number of methoxy groups -OCH3 is 1. The second kappa shape index (κ2) is 11.6. The number of hydrogen-bond acceptors (Lipinski definition) is 8. The molecule has 1 amide bonds. The van der Waals surface area contributed by atoms with Crippen molar-refractivity contribution in [3.8, 4) is 5.75 Å². The highest BCUT2D eigenvalue weighted by atomic mass is 32.1. The molecule has 8 nitrogen and oxygen atoms in total. The minimum atomic E-state index is -0.179. The zero-order valence-electron chi connectivity index (χ0n) is 20.0. The van der Waals surface area contributed by atoms with Crippen molar-refractivity contribution in [2.24, 2.45) is 0 Å². The largest absolute Gasteiger partial charge is 0.494 e. The molecular formula is C25H32N4O4S. The third kappa shape index (κ3) is 5.85. The molecule has 0 bridgehead atoms. The molecule has 0 aliphatic carbocycles. The standard InChI is InChI=1S/C25H32N4O4S/c1-4-32-14-11-28(2)17-18-5-7-19(8-6-18)24(30)27-25-26-22-21(31-3)10-9-20(23(22)34-25)29-12-15-33-16-13-29/h5-10H,4,11-17H2,1-3H3,(H,26,27,30). The predicted octanol–water partition coefficient (Wildman–Crippen LogP) is 3.86. The molecule has 2 aromatic carbocycles. The lowest BCUT2D eigenvalue weighted by atomic mass is 10.1. The Balaban J connectivity index is 1.46. The number of rotatable bonds is 10. The summed E-state index contributed by atoms with van der Waals surface area (Å²) in [6, 6.07) is 11.7. The SMILES string of the molecule is CCOCCN(C)Cc1ccc(C(=O)Nc2nc3c(OC)ccc(N4CCOCC4)c3s2)cc1. The number of likely N-dealkylation sites (N-methyl/N-ethyl adjacent to an activating group) is 1. The highest BCUT2D eigenvalue weighted by Gasteiger charge is 2.20. The number of thiazole rings is 1. The zero-order valence-corrected chi connectivity index (χ0v) is 20.8. The summed E-state index contributed by atoms with van der Waals surface area (Å²) in [5.41, 5.74) is 3.60. The Kier molecular flexibility index (Phi) is 8.34. The van der Waals surface area contributed by atoms with Crippen molar-refractivity contribution < 1.29 is 19.0 Å². The smallest absolute Gasteiger partial charge is 0.257 e. The van der Waals surface area contributed by atoms with Crippen LogP contribution in [-0.4, -0.2) is 76.0 Å². The van der Waals surface area contributed by atoms with Gasteiger partial charge in [0.15, 0.2) is 5.13 Å². The van der Waals surface area contributed by atoms with Gasteiger partial charge in [-0.25, -0.2) is 4.98 Å². The van der Waals surface area contributed by atoms with Crippen molar-refractivity contribution in [1.82, 2.24) is 9.88 Å². The number of morpholine rings is 1. The summed E-state index contributed by atoms with van der Waals surface area (Å²) in [6.07, 6.45) is 0. The Morgan fingerprint density at radius 1 is 1.21 bits per heavy atom. The van der Waals surface area contributed by atoms with Crippen molar-refractivity contribution >= 4 is 38.3 Å². The van der Waals surface area contributed by atoms with Crippen molar-refractivity contribution in [3.63, 3.8) is 0 Å². The second-order valence-corrected chi connectivity index (χ2v) is 9.17. The number of hydrogen-bond donors (Lipinski definition) is 1. The van der Waals surface area contributed by atoms with Gasteiger partial charge in [-0.3, -0.25) is 15.0 Å². The van der Waals surface area contributed by atoms with E-state index >= 15 is 0 Å². The molecule has 9 heteroatoms. The van der Waals surface area contributed by atoms with Gasteiger partial charge in [0.25, 0.3) is 5.91 Å². The van der Waals surface area contributed by atoms with E-state index in [4.69, 9.17) is 14.2 Å². The number of ether oxygens (including phenoxy) is 3. The van der Waals surface area contributed by atoms with Crippen LogP contribution in [-0.2, 0) is 16.0 Å². The second-order valence-electron chi connectivity index (χ2n) is 8.17. The molecule has 0 unspecified atom stereocenters. The van der Waals surface area contributed by atoms with Crippen LogP contribution in [0.2, 0.25) is 0 Å². The minimum absolute atomic E-state index is 0.179. The van der Waals surface area contributed by atoms with Crippen LogP contribution in [0.1, 0.15) is 22.8 Å².